The Morgan fingerprint density at radius 1 is 1.14 bits per heavy atom. The van der Waals surface area contributed by atoms with E-state index in [1.807, 2.05) is 37.4 Å². The highest BCUT2D eigenvalue weighted by Gasteiger charge is 2.11. The summed E-state index contributed by atoms with van der Waals surface area (Å²) in [5, 5.41) is 4.60. The smallest absolute Gasteiger partial charge is 0.387 e. The Morgan fingerprint density at radius 2 is 1.89 bits per heavy atom. The van der Waals surface area contributed by atoms with Crippen molar-refractivity contribution in [3.8, 4) is 11.5 Å². The maximum absolute atomic E-state index is 12.4. The number of nitrogens with one attached hydrogen (secondary N) is 1. The maximum Gasteiger partial charge on any atom is 0.387 e. The molecule has 0 spiro atoms. The number of amides is 1. The van der Waals surface area contributed by atoms with Crippen molar-refractivity contribution in [3.05, 3.63) is 75.5 Å². The van der Waals surface area contributed by atoms with Gasteiger partial charge in [0.15, 0.2) is 0 Å². The number of aryl methyl sites for hydroxylation is 1. The lowest BCUT2D eigenvalue weighted by molar-refractivity contribution is -0.0498. The number of rotatable bonds is 7. The van der Waals surface area contributed by atoms with Gasteiger partial charge in [-0.2, -0.15) is 8.78 Å². The molecule has 1 heterocycles. The Balaban J connectivity index is 1.58. The fourth-order valence-corrected chi connectivity index (χ4v) is 3.32. The fraction of sp³-hybridized carbons (Fsp3) is 0.190. The van der Waals surface area contributed by atoms with Crippen LogP contribution in [0.5, 0.6) is 11.5 Å². The third-order valence-electron chi connectivity index (χ3n) is 4.16. The van der Waals surface area contributed by atoms with Gasteiger partial charge in [0, 0.05) is 11.3 Å². The molecule has 4 nitrogen and oxygen atoms in total. The molecule has 0 saturated heterocycles. The summed E-state index contributed by atoms with van der Waals surface area (Å²) in [6.45, 7) is 1.53. The van der Waals surface area contributed by atoms with E-state index in [4.69, 9.17) is 4.74 Å². The molecule has 1 N–H and O–H groups in total. The van der Waals surface area contributed by atoms with Crippen LogP contribution in [-0.4, -0.2) is 12.5 Å². The van der Waals surface area contributed by atoms with E-state index in [2.05, 4.69) is 10.1 Å². The molecule has 0 atom stereocenters. The van der Waals surface area contributed by atoms with E-state index < -0.39 is 6.61 Å². The third kappa shape index (κ3) is 5.07. The molecule has 0 unspecified atom stereocenters. The maximum atomic E-state index is 12.4. The topological polar surface area (TPSA) is 47.6 Å². The zero-order valence-corrected chi connectivity index (χ0v) is 16.2. The van der Waals surface area contributed by atoms with E-state index in [0.717, 1.165) is 22.4 Å². The summed E-state index contributed by atoms with van der Waals surface area (Å²) in [5.74, 6) is 0.587. The Hall–Kier alpha value is -2.93. The number of thiophene rings is 1. The predicted molar refractivity (Wildman–Crippen MR) is 106 cm³/mol. The molecule has 0 aliphatic rings. The third-order valence-corrected chi connectivity index (χ3v) is 5.14. The van der Waals surface area contributed by atoms with Gasteiger partial charge in [0.2, 0.25) is 0 Å². The molecule has 0 aliphatic carbocycles. The number of benzene rings is 2. The van der Waals surface area contributed by atoms with E-state index in [-0.39, 0.29) is 11.7 Å². The first-order valence-corrected chi connectivity index (χ1v) is 9.43. The average Bonchev–Trinajstić information content (AvgIpc) is 3.13. The number of alkyl halides is 2. The molecule has 0 radical (unpaired) electrons. The first-order valence-electron chi connectivity index (χ1n) is 8.55. The van der Waals surface area contributed by atoms with Crippen molar-refractivity contribution < 1.29 is 23.0 Å². The second kappa shape index (κ2) is 8.84. The van der Waals surface area contributed by atoms with Crippen LogP contribution in [0.1, 0.15) is 26.4 Å². The van der Waals surface area contributed by atoms with Gasteiger partial charge in [-0.05, 0) is 66.8 Å². The summed E-state index contributed by atoms with van der Waals surface area (Å²) < 4.78 is 34.5. The lowest BCUT2D eigenvalue weighted by Gasteiger charge is -2.09. The van der Waals surface area contributed by atoms with Crippen LogP contribution in [0, 0.1) is 13.8 Å². The highest BCUT2D eigenvalue weighted by Crippen LogP contribution is 2.24. The van der Waals surface area contributed by atoms with Crippen LogP contribution in [0.25, 0.3) is 0 Å². The molecule has 0 bridgehead atoms. The van der Waals surface area contributed by atoms with Crippen LogP contribution in [0.2, 0.25) is 0 Å². The van der Waals surface area contributed by atoms with Crippen molar-refractivity contribution in [2.45, 2.75) is 27.1 Å². The minimum atomic E-state index is -2.88. The SMILES string of the molecule is Cc1cccc(OCc2csc(C(=O)Nc3ccc(OC(F)F)cc3)c2)c1C. The number of halogens is 2. The van der Waals surface area contributed by atoms with Gasteiger partial charge >= 0.3 is 6.61 Å². The Morgan fingerprint density at radius 3 is 2.61 bits per heavy atom. The van der Waals surface area contributed by atoms with Gasteiger partial charge < -0.3 is 14.8 Å². The van der Waals surface area contributed by atoms with E-state index >= 15 is 0 Å². The minimum absolute atomic E-state index is 0.0370. The van der Waals surface area contributed by atoms with E-state index in [1.165, 1.54) is 35.6 Å². The molecule has 1 amide bonds. The molecule has 2 aromatic carbocycles. The standard InChI is InChI=1S/C21H19F2NO3S/c1-13-4-3-5-18(14(13)2)26-11-15-10-19(28-12-15)20(25)24-16-6-8-17(9-7-16)27-21(22)23/h3-10,12,21H,11H2,1-2H3,(H,24,25). The van der Waals surface area contributed by atoms with Gasteiger partial charge in [-0.3, -0.25) is 4.79 Å². The molecule has 3 aromatic rings. The van der Waals surface area contributed by atoms with E-state index in [9.17, 15) is 13.6 Å². The molecule has 0 fully saturated rings. The lowest BCUT2D eigenvalue weighted by Crippen LogP contribution is -2.10. The number of anilines is 1. The van der Waals surface area contributed by atoms with Gasteiger partial charge in [-0.15, -0.1) is 11.3 Å². The molecule has 3 rings (SSSR count). The first kappa shape index (κ1) is 19.8. The number of hydrogen-bond donors (Lipinski definition) is 1. The zero-order valence-electron chi connectivity index (χ0n) is 15.4. The fourth-order valence-electron chi connectivity index (χ4n) is 2.52. The monoisotopic (exact) mass is 403 g/mol. The highest BCUT2D eigenvalue weighted by molar-refractivity contribution is 7.12. The molecule has 7 heteroatoms. The predicted octanol–water partition coefficient (Wildman–Crippen LogP) is 5.80. The number of carbonyl (C=O) groups is 1. The average molecular weight is 403 g/mol. The summed E-state index contributed by atoms with van der Waals surface area (Å²) >= 11 is 1.32. The molecule has 1 aromatic heterocycles. The highest BCUT2D eigenvalue weighted by atomic mass is 32.1. The Labute approximate surface area is 165 Å². The van der Waals surface area contributed by atoms with Gasteiger partial charge in [0.25, 0.3) is 5.91 Å². The van der Waals surface area contributed by atoms with Crippen molar-refractivity contribution in [1.29, 1.82) is 0 Å². The van der Waals surface area contributed by atoms with Crippen LogP contribution in [0.3, 0.4) is 0 Å². The quantitative estimate of drug-likeness (QED) is 0.543. The van der Waals surface area contributed by atoms with Gasteiger partial charge in [-0.1, -0.05) is 12.1 Å². The summed E-state index contributed by atoms with van der Waals surface area (Å²) in [4.78, 5) is 12.9. The molecule has 28 heavy (non-hydrogen) atoms. The molecule has 0 aliphatic heterocycles. The summed E-state index contributed by atoms with van der Waals surface area (Å²) in [7, 11) is 0. The van der Waals surface area contributed by atoms with Gasteiger partial charge in [-0.25, -0.2) is 0 Å². The van der Waals surface area contributed by atoms with Gasteiger partial charge in [0.1, 0.15) is 18.1 Å². The number of carbonyl (C=O) groups excluding carboxylic acids is 1. The summed E-state index contributed by atoms with van der Waals surface area (Å²) in [5.41, 5.74) is 3.65. The van der Waals surface area contributed by atoms with Crippen LogP contribution < -0.4 is 14.8 Å². The number of ether oxygens (including phenoxy) is 2. The normalized spacial score (nSPS) is 10.8. The van der Waals surface area contributed by atoms with Crippen LogP contribution in [0.4, 0.5) is 14.5 Å². The van der Waals surface area contributed by atoms with Crippen LogP contribution in [0.15, 0.2) is 53.9 Å². The van der Waals surface area contributed by atoms with Crippen molar-refractivity contribution in [3.63, 3.8) is 0 Å². The zero-order chi connectivity index (χ0) is 20.1. The molecular formula is C21H19F2NO3S. The lowest BCUT2D eigenvalue weighted by atomic mass is 10.1. The van der Waals surface area contributed by atoms with Crippen molar-refractivity contribution in [2.75, 3.05) is 5.32 Å². The summed E-state index contributed by atoms with van der Waals surface area (Å²) in [6, 6.07) is 13.4. The number of hydrogen-bond acceptors (Lipinski definition) is 4. The van der Waals surface area contributed by atoms with E-state index in [1.54, 1.807) is 6.07 Å². The second-order valence-electron chi connectivity index (χ2n) is 6.16. The van der Waals surface area contributed by atoms with Crippen LogP contribution in [-0.2, 0) is 6.61 Å². The van der Waals surface area contributed by atoms with Crippen molar-refractivity contribution >= 4 is 22.9 Å². The molecule has 0 saturated carbocycles. The largest absolute Gasteiger partial charge is 0.489 e. The van der Waals surface area contributed by atoms with Gasteiger partial charge in [0.05, 0.1) is 4.88 Å². The summed E-state index contributed by atoms with van der Waals surface area (Å²) in [6.07, 6.45) is 0. The second-order valence-corrected chi connectivity index (χ2v) is 7.07. The Kier molecular flexibility index (Phi) is 6.26. The van der Waals surface area contributed by atoms with Crippen LogP contribution >= 0.6 is 11.3 Å². The molecular weight excluding hydrogens is 384 g/mol. The first-order chi connectivity index (χ1) is 13.4. The van der Waals surface area contributed by atoms with E-state index in [0.29, 0.717) is 17.2 Å². The minimum Gasteiger partial charge on any atom is -0.489 e. The van der Waals surface area contributed by atoms with Crippen molar-refractivity contribution in [1.82, 2.24) is 0 Å². The molecule has 146 valence electrons. The van der Waals surface area contributed by atoms with Crippen molar-refractivity contribution in [2.24, 2.45) is 0 Å². The Bertz CT molecular complexity index is 955.